The fourth-order valence-electron chi connectivity index (χ4n) is 3.93. The van der Waals surface area contributed by atoms with Crippen LogP contribution in [0, 0.1) is 0 Å². The van der Waals surface area contributed by atoms with Crippen LogP contribution in [0.5, 0.6) is 5.75 Å². The van der Waals surface area contributed by atoms with Crippen molar-refractivity contribution in [1.82, 2.24) is 19.2 Å². The van der Waals surface area contributed by atoms with Gasteiger partial charge in [0, 0.05) is 17.3 Å². The summed E-state index contributed by atoms with van der Waals surface area (Å²) in [6.07, 6.45) is 3.86. The Morgan fingerprint density at radius 2 is 1.70 bits per heavy atom. The van der Waals surface area contributed by atoms with E-state index in [1.165, 1.54) is 11.3 Å². The average molecular weight is 451 g/mol. The summed E-state index contributed by atoms with van der Waals surface area (Å²) in [5.74, 6) is 0.778. The van der Waals surface area contributed by atoms with E-state index in [0.717, 1.165) is 39.3 Å². The molecule has 0 aliphatic heterocycles. The van der Waals surface area contributed by atoms with Crippen molar-refractivity contribution in [3.05, 3.63) is 106 Å². The van der Waals surface area contributed by atoms with E-state index in [9.17, 15) is 4.79 Å². The molecule has 33 heavy (non-hydrogen) atoms. The molecule has 0 bridgehead atoms. The molecule has 3 heterocycles. The molecule has 3 aromatic heterocycles. The van der Waals surface area contributed by atoms with E-state index >= 15 is 0 Å². The molecular formula is C26H18N4O2S. The Bertz CT molecular complexity index is 1710. The number of thiazole rings is 1. The lowest BCUT2D eigenvalue weighted by Gasteiger charge is -2.02. The van der Waals surface area contributed by atoms with Gasteiger partial charge >= 0.3 is 0 Å². The van der Waals surface area contributed by atoms with Crippen molar-refractivity contribution >= 4 is 33.4 Å². The van der Waals surface area contributed by atoms with Crippen molar-refractivity contribution in [3.63, 3.8) is 0 Å². The first-order valence-electron chi connectivity index (χ1n) is 10.4. The molecule has 160 valence electrons. The van der Waals surface area contributed by atoms with Gasteiger partial charge in [0.2, 0.25) is 0 Å². The fraction of sp³-hybridized carbons (Fsp3) is 0.0385. The van der Waals surface area contributed by atoms with E-state index in [0.29, 0.717) is 9.49 Å². The van der Waals surface area contributed by atoms with E-state index in [-0.39, 0.29) is 5.56 Å². The maximum atomic E-state index is 13.3. The molecule has 0 atom stereocenters. The number of ether oxygens (including phenoxy) is 1. The fourth-order valence-corrected chi connectivity index (χ4v) is 4.91. The Kier molecular flexibility index (Phi) is 4.55. The van der Waals surface area contributed by atoms with Gasteiger partial charge in [0.15, 0.2) is 4.96 Å². The molecule has 0 unspecified atom stereocenters. The summed E-state index contributed by atoms with van der Waals surface area (Å²) >= 11 is 1.39. The van der Waals surface area contributed by atoms with Gasteiger partial charge in [-0.1, -0.05) is 41.7 Å². The Morgan fingerprint density at radius 1 is 0.939 bits per heavy atom. The first-order chi connectivity index (χ1) is 16.2. The van der Waals surface area contributed by atoms with Crippen LogP contribution in [0.3, 0.4) is 0 Å². The number of hydrogen-bond acceptors (Lipinski definition) is 5. The number of imidazole rings is 1. The van der Waals surface area contributed by atoms with Crippen LogP contribution in [0.25, 0.3) is 39.0 Å². The van der Waals surface area contributed by atoms with Crippen LogP contribution in [-0.2, 0) is 0 Å². The van der Waals surface area contributed by atoms with Gasteiger partial charge in [0.05, 0.1) is 28.4 Å². The number of fused-ring (bicyclic) bond motifs is 3. The highest BCUT2D eigenvalue weighted by Crippen LogP contribution is 2.26. The predicted molar refractivity (Wildman–Crippen MR) is 131 cm³/mol. The standard InChI is InChI=1S/C26H18N4O2S/c1-32-20-13-11-17(12-14-20)24-18(16-29(28-24)19-7-3-2-4-8-19)15-23-25(31)30-22-10-6-5-9-21(22)27-26(30)33-23/h2-16H,1H3. The lowest BCUT2D eigenvalue weighted by atomic mass is 10.1. The van der Waals surface area contributed by atoms with Gasteiger partial charge in [-0.3, -0.25) is 4.79 Å². The number of methoxy groups -OCH3 is 1. The third kappa shape index (κ3) is 3.30. The molecule has 0 amide bonds. The second kappa shape index (κ2) is 7.72. The SMILES string of the molecule is COc1ccc(-c2nn(-c3ccccc3)cc2C=c2sc3nc4ccccc4n3c2=O)cc1. The Hall–Kier alpha value is -4.23. The zero-order valence-corrected chi connectivity index (χ0v) is 18.5. The van der Waals surface area contributed by atoms with Crippen molar-refractivity contribution in [2.75, 3.05) is 7.11 Å². The molecule has 0 saturated heterocycles. The lowest BCUT2D eigenvalue weighted by molar-refractivity contribution is 0.415. The van der Waals surface area contributed by atoms with Crippen LogP contribution in [0.1, 0.15) is 5.56 Å². The van der Waals surface area contributed by atoms with Crippen LogP contribution < -0.4 is 14.8 Å². The highest BCUT2D eigenvalue weighted by Gasteiger charge is 2.14. The molecule has 6 aromatic rings. The van der Waals surface area contributed by atoms with Gasteiger partial charge < -0.3 is 4.74 Å². The van der Waals surface area contributed by atoms with Gasteiger partial charge in [-0.05, 0) is 54.6 Å². The van der Waals surface area contributed by atoms with E-state index in [1.807, 2.05) is 95.8 Å². The van der Waals surface area contributed by atoms with Crippen molar-refractivity contribution in [2.24, 2.45) is 0 Å². The zero-order valence-electron chi connectivity index (χ0n) is 17.7. The Balaban J connectivity index is 1.56. The molecule has 0 aliphatic rings. The number of benzene rings is 3. The highest BCUT2D eigenvalue weighted by atomic mass is 32.1. The van der Waals surface area contributed by atoms with Gasteiger partial charge in [0.25, 0.3) is 5.56 Å². The summed E-state index contributed by atoms with van der Waals surface area (Å²) in [4.78, 5) is 18.6. The van der Waals surface area contributed by atoms with Crippen molar-refractivity contribution in [1.29, 1.82) is 0 Å². The Morgan fingerprint density at radius 3 is 2.48 bits per heavy atom. The first kappa shape index (κ1) is 19.5. The molecule has 0 N–H and O–H groups in total. The van der Waals surface area contributed by atoms with Gasteiger partial charge in [-0.15, -0.1) is 0 Å². The van der Waals surface area contributed by atoms with E-state index in [2.05, 4.69) is 4.98 Å². The largest absolute Gasteiger partial charge is 0.497 e. The first-order valence-corrected chi connectivity index (χ1v) is 11.2. The minimum absolute atomic E-state index is 0.0724. The van der Waals surface area contributed by atoms with Crippen molar-refractivity contribution in [3.8, 4) is 22.7 Å². The molecule has 6 rings (SSSR count). The van der Waals surface area contributed by atoms with E-state index in [1.54, 1.807) is 11.5 Å². The lowest BCUT2D eigenvalue weighted by Crippen LogP contribution is -2.22. The van der Waals surface area contributed by atoms with Gasteiger partial charge in [0.1, 0.15) is 11.4 Å². The molecule has 6 nitrogen and oxygen atoms in total. The van der Waals surface area contributed by atoms with Crippen molar-refractivity contribution < 1.29 is 4.74 Å². The number of nitrogens with zero attached hydrogens (tertiary/aromatic N) is 4. The van der Waals surface area contributed by atoms with Gasteiger partial charge in [-0.25, -0.2) is 14.1 Å². The highest BCUT2D eigenvalue weighted by molar-refractivity contribution is 7.15. The third-order valence-corrected chi connectivity index (χ3v) is 6.53. The van der Waals surface area contributed by atoms with Crippen molar-refractivity contribution in [2.45, 2.75) is 0 Å². The molecule has 0 radical (unpaired) electrons. The summed E-state index contributed by atoms with van der Waals surface area (Å²) in [5, 5.41) is 4.85. The quantitative estimate of drug-likeness (QED) is 0.401. The molecule has 0 fully saturated rings. The minimum atomic E-state index is -0.0724. The van der Waals surface area contributed by atoms with E-state index < -0.39 is 0 Å². The maximum Gasteiger partial charge on any atom is 0.274 e. The molecule has 0 spiro atoms. The van der Waals surface area contributed by atoms with Crippen LogP contribution in [0.4, 0.5) is 0 Å². The molecule has 0 aliphatic carbocycles. The summed E-state index contributed by atoms with van der Waals surface area (Å²) in [6.45, 7) is 0. The van der Waals surface area contributed by atoms with Crippen LogP contribution in [-0.4, -0.2) is 26.3 Å². The smallest absolute Gasteiger partial charge is 0.274 e. The second-order valence-corrected chi connectivity index (χ2v) is 8.59. The Labute approximate surface area is 192 Å². The summed E-state index contributed by atoms with van der Waals surface area (Å²) in [6, 6.07) is 25.4. The van der Waals surface area contributed by atoms with Crippen LogP contribution >= 0.6 is 11.3 Å². The molecular weight excluding hydrogens is 432 g/mol. The number of para-hydroxylation sites is 3. The summed E-state index contributed by atoms with van der Waals surface area (Å²) < 4.78 is 9.43. The van der Waals surface area contributed by atoms with Crippen LogP contribution in [0.2, 0.25) is 0 Å². The molecule has 3 aromatic carbocycles. The second-order valence-electron chi connectivity index (χ2n) is 7.58. The van der Waals surface area contributed by atoms with Gasteiger partial charge in [-0.2, -0.15) is 5.10 Å². The van der Waals surface area contributed by atoms with Crippen LogP contribution in [0.15, 0.2) is 89.9 Å². The number of rotatable bonds is 4. The summed E-state index contributed by atoms with van der Waals surface area (Å²) in [7, 11) is 1.64. The monoisotopic (exact) mass is 450 g/mol. The normalized spacial score (nSPS) is 12.1. The molecule has 7 heteroatoms. The third-order valence-electron chi connectivity index (χ3n) is 5.56. The summed E-state index contributed by atoms with van der Waals surface area (Å²) in [5.41, 5.74) is 5.10. The topological polar surface area (TPSA) is 61.4 Å². The maximum absolute atomic E-state index is 13.3. The predicted octanol–water partition coefficient (Wildman–Crippen LogP) is 4.32. The number of aromatic nitrogens is 4. The average Bonchev–Trinajstić information content (AvgIpc) is 3.53. The zero-order chi connectivity index (χ0) is 22.4. The minimum Gasteiger partial charge on any atom is -0.497 e. The molecule has 0 saturated carbocycles. The number of hydrogen-bond donors (Lipinski definition) is 0. The van der Waals surface area contributed by atoms with E-state index in [4.69, 9.17) is 9.84 Å².